The van der Waals surface area contributed by atoms with Crippen LogP contribution in [0.3, 0.4) is 0 Å². The number of amides is 4. The molecule has 2 N–H and O–H groups in total. The molecule has 0 aromatic carbocycles. The van der Waals surface area contributed by atoms with Crippen LogP contribution in [0.4, 0.5) is 4.79 Å². The monoisotopic (exact) mass is 320 g/mol. The van der Waals surface area contributed by atoms with Crippen molar-refractivity contribution < 1.29 is 14.4 Å². The number of carbonyl (C=O) groups is 3. The number of aromatic amines is 1. The minimum atomic E-state index is -0.970. The highest BCUT2D eigenvalue weighted by Gasteiger charge is 2.46. The topological polar surface area (TPSA) is 111 Å². The van der Waals surface area contributed by atoms with Crippen molar-refractivity contribution in [3.63, 3.8) is 0 Å². The summed E-state index contributed by atoms with van der Waals surface area (Å²) in [4.78, 5) is 43.6. The molecule has 2 saturated heterocycles. The van der Waals surface area contributed by atoms with E-state index >= 15 is 0 Å². The van der Waals surface area contributed by atoms with Crippen molar-refractivity contribution in [1.29, 1.82) is 0 Å². The third-order valence-electron chi connectivity index (χ3n) is 4.22. The van der Waals surface area contributed by atoms with E-state index in [1.165, 1.54) is 0 Å². The molecule has 124 valence electrons. The Bertz CT molecular complexity index is 667. The molecular formula is C14H20N6O3. The quantitative estimate of drug-likeness (QED) is 0.768. The number of H-pyrrole nitrogens is 1. The van der Waals surface area contributed by atoms with E-state index in [2.05, 4.69) is 20.5 Å². The van der Waals surface area contributed by atoms with Gasteiger partial charge < -0.3 is 10.2 Å². The lowest BCUT2D eigenvalue weighted by Gasteiger charge is -2.24. The van der Waals surface area contributed by atoms with Crippen LogP contribution in [-0.2, 0) is 9.59 Å². The molecule has 1 unspecified atom stereocenters. The van der Waals surface area contributed by atoms with Crippen molar-refractivity contribution in [3.8, 4) is 0 Å². The SMILES string of the molecule is Cc1nc(C2CCCN2C(=O)CN2C(=O)NC(C)(C)C2=O)n[nH]1. The van der Waals surface area contributed by atoms with Crippen LogP contribution in [0.1, 0.15) is 44.4 Å². The van der Waals surface area contributed by atoms with Crippen LogP contribution in [-0.4, -0.2) is 61.5 Å². The van der Waals surface area contributed by atoms with Crippen molar-refractivity contribution >= 4 is 17.8 Å². The molecule has 4 amide bonds. The second kappa shape index (κ2) is 5.32. The van der Waals surface area contributed by atoms with Gasteiger partial charge in [0.05, 0.1) is 6.04 Å². The molecule has 0 aliphatic carbocycles. The first-order valence-electron chi connectivity index (χ1n) is 7.62. The van der Waals surface area contributed by atoms with Gasteiger partial charge in [0, 0.05) is 6.54 Å². The van der Waals surface area contributed by atoms with Crippen LogP contribution >= 0.6 is 0 Å². The zero-order valence-electron chi connectivity index (χ0n) is 13.4. The molecular weight excluding hydrogens is 300 g/mol. The van der Waals surface area contributed by atoms with Gasteiger partial charge in [-0.05, 0) is 33.6 Å². The summed E-state index contributed by atoms with van der Waals surface area (Å²) in [6, 6.07) is -0.737. The minimum Gasteiger partial charge on any atom is -0.331 e. The Labute approximate surface area is 133 Å². The number of urea groups is 1. The molecule has 0 spiro atoms. The van der Waals surface area contributed by atoms with Crippen LogP contribution in [0.2, 0.25) is 0 Å². The van der Waals surface area contributed by atoms with E-state index in [-0.39, 0.29) is 24.4 Å². The molecule has 3 rings (SSSR count). The molecule has 2 aliphatic rings. The number of imide groups is 1. The first kappa shape index (κ1) is 15.4. The summed E-state index contributed by atoms with van der Waals surface area (Å²) in [7, 11) is 0. The van der Waals surface area contributed by atoms with Crippen LogP contribution in [0.25, 0.3) is 0 Å². The van der Waals surface area contributed by atoms with E-state index < -0.39 is 11.6 Å². The molecule has 0 radical (unpaired) electrons. The van der Waals surface area contributed by atoms with Crippen LogP contribution in [0.15, 0.2) is 0 Å². The molecule has 9 nitrogen and oxygen atoms in total. The van der Waals surface area contributed by atoms with Crippen molar-refractivity contribution in [2.45, 2.75) is 45.2 Å². The van der Waals surface area contributed by atoms with Crippen molar-refractivity contribution in [1.82, 2.24) is 30.3 Å². The summed E-state index contributed by atoms with van der Waals surface area (Å²) in [5.74, 6) is 0.609. The first-order valence-corrected chi connectivity index (χ1v) is 7.62. The zero-order chi connectivity index (χ0) is 16.8. The average molecular weight is 320 g/mol. The van der Waals surface area contributed by atoms with E-state index in [1.807, 2.05) is 0 Å². The fourth-order valence-corrected chi connectivity index (χ4v) is 3.03. The summed E-state index contributed by atoms with van der Waals surface area (Å²) in [5, 5.41) is 9.47. The van der Waals surface area contributed by atoms with Gasteiger partial charge in [-0.1, -0.05) is 0 Å². The predicted octanol–water partition coefficient (Wildman–Crippen LogP) is 0.107. The number of hydrogen-bond acceptors (Lipinski definition) is 5. The van der Waals surface area contributed by atoms with Crippen molar-refractivity contribution in [2.75, 3.05) is 13.1 Å². The third-order valence-corrected chi connectivity index (χ3v) is 4.22. The number of nitrogens with one attached hydrogen (secondary N) is 2. The highest BCUT2D eigenvalue weighted by Crippen LogP contribution is 2.30. The molecule has 1 aromatic rings. The average Bonchev–Trinajstić information content (AvgIpc) is 3.14. The van der Waals surface area contributed by atoms with Crippen molar-refractivity contribution in [3.05, 3.63) is 11.6 Å². The molecule has 0 bridgehead atoms. The summed E-state index contributed by atoms with van der Waals surface area (Å²) >= 11 is 0. The lowest BCUT2D eigenvalue weighted by atomic mass is 10.1. The molecule has 3 heterocycles. The number of aryl methyl sites for hydroxylation is 1. The van der Waals surface area contributed by atoms with Crippen molar-refractivity contribution in [2.24, 2.45) is 0 Å². The standard InChI is InChI=1S/C14H20N6O3/c1-8-15-11(18-17-8)9-5-4-6-19(9)10(21)7-20-12(22)14(2,3)16-13(20)23/h9H,4-7H2,1-3H3,(H,16,23)(H,15,17,18). The summed E-state index contributed by atoms with van der Waals surface area (Å²) in [6.07, 6.45) is 1.62. The van der Waals surface area contributed by atoms with E-state index in [0.717, 1.165) is 17.7 Å². The van der Waals surface area contributed by atoms with E-state index in [0.29, 0.717) is 18.2 Å². The Morgan fingerprint density at radius 2 is 2.13 bits per heavy atom. The maximum absolute atomic E-state index is 12.6. The van der Waals surface area contributed by atoms with Gasteiger partial charge in [-0.15, -0.1) is 0 Å². The lowest BCUT2D eigenvalue weighted by Crippen LogP contribution is -2.44. The molecule has 1 aromatic heterocycles. The van der Waals surface area contributed by atoms with Gasteiger partial charge >= 0.3 is 6.03 Å². The number of hydrogen-bond donors (Lipinski definition) is 2. The maximum Gasteiger partial charge on any atom is 0.325 e. The highest BCUT2D eigenvalue weighted by atomic mass is 16.2. The Balaban J connectivity index is 1.73. The second-order valence-electron chi connectivity index (χ2n) is 6.47. The Kier molecular flexibility index (Phi) is 3.57. The fourth-order valence-electron chi connectivity index (χ4n) is 3.03. The van der Waals surface area contributed by atoms with Crippen LogP contribution in [0, 0.1) is 6.92 Å². The molecule has 9 heteroatoms. The van der Waals surface area contributed by atoms with E-state index in [4.69, 9.17) is 0 Å². The Hall–Kier alpha value is -2.45. The third kappa shape index (κ3) is 2.66. The lowest BCUT2D eigenvalue weighted by molar-refractivity contribution is -0.139. The zero-order valence-corrected chi connectivity index (χ0v) is 13.4. The van der Waals surface area contributed by atoms with Gasteiger partial charge in [-0.25, -0.2) is 9.78 Å². The highest BCUT2D eigenvalue weighted by molar-refractivity contribution is 6.08. The van der Waals surface area contributed by atoms with Crippen LogP contribution in [0.5, 0.6) is 0 Å². The number of rotatable bonds is 3. The number of aromatic nitrogens is 3. The van der Waals surface area contributed by atoms with E-state index in [1.54, 1.807) is 25.7 Å². The maximum atomic E-state index is 12.6. The normalized spacial score (nSPS) is 23.5. The number of carbonyl (C=O) groups excluding carboxylic acids is 3. The fraction of sp³-hybridized carbons (Fsp3) is 0.643. The van der Waals surface area contributed by atoms with Gasteiger partial charge in [0.25, 0.3) is 5.91 Å². The Morgan fingerprint density at radius 1 is 1.39 bits per heavy atom. The van der Waals surface area contributed by atoms with E-state index in [9.17, 15) is 14.4 Å². The van der Waals surface area contributed by atoms with Gasteiger partial charge in [-0.2, -0.15) is 5.10 Å². The first-order chi connectivity index (χ1) is 10.8. The van der Waals surface area contributed by atoms with Crippen LogP contribution < -0.4 is 5.32 Å². The second-order valence-corrected chi connectivity index (χ2v) is 6.47. The molecule has 2 aliphatic heterocycles. The van der Waals surface area contributed by atoms with Gasteiger partial charge in [0.1, 0.15) is 17.9 Å². The van der Waals surface area contributed by atoms with Gasteiger partial charge in [0.15, 0.2) is 5.82 Å². The number of likely N-dealkylation sites (tertiary alicyclic amines) is 1. The summed E-state index contributed by atoms with van der Waals surface area (Å²) in [5.41, 5.74) is -0.970. The molecule has 0 saturated carbocycles. The largest absolute Gasteiger partial charge is 0.331 e. The Morgan fingerprint density at radius 3 is 2.70 bits per heavy atom. The minimum absolute atomic E-state index is 0.207. The smallest absolute Gasteiger partial charge is 0.325 e. The summed E-state index contributed by atoms with van der Waals surface area (Å²) in [6.45, 7) is 5.35. The predicted molar refractivity (Wildman–Crippen MR) is 79.1 cm³/mol. The molecule has 1 atom stereocenters. The van der Waals surface area contributed by atoms with Gasteiger partial charge in [0.2, 0.25) is 5.91 Å². The van der Waals surface area contributed by atoms with Gasteiger partial charge in [-0.3, -0.25) is 19.6 Å². The molecule has 2 fully saturated rings. The molecule has 23 heavy (non-hydrogen) atoms. The number of nitrogens with zero attached hydrogens (tertiary/aromatic N) is 4. The summed E-state index contributed by atoms with van der Waals surface area (Å²) < 4.78 is 0.